The molecule has 0 unspecified atom stereocenters. The number of anilines is 1. The lowest BCUT2D eigenvalue weighted by Gasteiger charge is -2.20. The summed E-state index contributed by atoms with van der Waals surface area (Å²) >= 11 is 1.30. The number of aromatic nitrogens is 1. The van der Waals surface area contributed by atoms with E-state index in [1.807, 2.05) is 62.6 Å². The van der Waals surface area contributed by atoms with Gasteiger partial charge in [-0.3, -0.25) is 10.1 Å². The van der Waals surface area contributed by atoms with E-state index in [9.17, 15) is 15.2 Å². The molecular formula is C23H21N3O2S. The van der Waals surface area contributed by atoms with Gasteiger partial charge in [0.2, 0.25) is 0 Å². The topological polar surface area (TPSA) is 86.0 Å². The predicted molar refractivity (Wildman–Crippen MR) is 117 cm³/mol. The normalized spacial score (nSPS) is 11.7. The molecule has 6 heteroatoms. The molecule has 1 amide bonds. The Hall–Kier alpha value is -3.43. The molecule has 0 aliphatic heterocycles. The number of thiazole rings is 1. The highest BCUT2D eigenvalue weighted by molar-refractivity contribution is 7.14. The Labute approximate surface area is 174 Å². The van der Waals surface area contributed by atoms with Crippen LogP contribution in [0.25, 0.3) is 17.3 Å². The molecule has 146 valence electrons. The zero-order valence-electron chi connectivity index (χ0n) is 16.4. The van der Waals surface area contributed by atoms with Gasteiger partial charge < -0.3 is 5.11 Å². The first kappa shape index (κ1) is 20.3. The van der Waals surface area contributed by atoms with Crippen LogP contribution in [0.5, 0.6) is 5.75 Å². The van der Waals surface area contributed by atoms with Gasteiger partial charge in [0.15, 0.2) is 5.13 Å². The molecule has 2 aromatic carbocycles. The fraction of sp³-hybridized carbons (Fsp3) is 0.174. The summed E-state index contributed by atoms with van der Waals surface area (Å²) in [5, 5.41) is 24.5. The number of hydrogen-bond donors (Lipinski definition) is 2. The standard InChI is InChI=1S/C23H21N3O2S/c1-23(2,3)18-12-15(9-10-20(18)27)11-17(13-24)21(28)26-22-25-19(14-29-22)16-7-5-4-6-8-16/h4-12,14,27H,1-3H3,(H,25,26,28)/b17-11+. The molecule has 0 radical (unpaired) electrons. The Bertz CT molecular complexity index is 1100. The minimum absolute atomic E-state index is 0.0352. The number of phenols is 1. The van der Waals surface area contributed by atoms with Gasteiger partial charge in [0.1, 0.15) is 17.4 Å². The minimum atomic E-state index is -0.521. The first-order chi connectivity index (χ1) is 13.8. The fourth-order valence-electron chi connectivity index (χ4n) is 2.80. The van der Waals surface area contributed by atoms with Crippen LogP contribution in [0.4, 0.5) is 5.13 Å². The van der Waals surface area contributed by atoms with E-state index >= 15 is 0 Å². The SMILES string of the molecule is CC(C)(C)c1cc(/C=C(\C#N)C(=O)Nc2nc(-c3ccccc3)cs2)ccc1O. The Kier molecular flexibility index (Phi) is 5.81. The van der Waals surface area contributed by atoms with Gasteiger partial charge in [-0.05, 0) is 34.8 Å². The van der Waals surface area contributed by atoms with Crippen LogP contribution in [0, 0.1) is 11.3 Å². The van der Waals surface area contributed by atoms with Gasteiger partial charge in [0, 0.05) is 10.9 Å². The van der Waals surface area contributed by atoms with Crippen molar-refractivity contribution in [2.24, 2.45) is 0 Å². The van der Waals surface area contributed by atoms with Crippen LogP contribution in [0.2, 0.25) is 0 Å². The molecule has 5 nitrogen and oxygen atoms in total. The second kappa shape index (κ2) is 8.29. The van der Waals surface area contributed by atoms with E-state index in [1.54, 1.807) is 18.2 Å². The number of carbonyl (C=O) groups excluding carboxylic acids is 1. The van der Waals surface area contributed by atoms with Gasteiger partial charge in [-0.1, -0.05) is 57.2 Å². The van der Waals surface area contributed by atoms with Crippen LogP contribution in [0.1, 0.15) is 31.9 Å². The lowest BCUT2D eigenvalue weighted by Crippen LogP contribution is -2.13. The van der Waals surface area contributed by atoms with Gasteiger partial charge >= 0.3 is 0 Å². The first-order valence-electron chi connectivity index (χ1n) is 9.05. The number of nitriles is 1. The lowest BCUT2D eigenvalue weighted by atomic mass is 9.85. The highest BCUT2D eigenvalue weighted by Gasteiger charge is 2.19. The van der Waals surface area contributed by atoms with Crippen molar-refractivity contribution >= 4 is 28.5 Å². The van der Waals surface area contributed by atoms with E-state index in [2.05, 4.69) is 10.3 Å². The molecular weight excluding hydrogens is 382 g/mol. The maximum atomic E-state index is 12.6. The molecule has 0 fully saturated rings. The van der Waals surface area contributed by atoms with Crippen LogP contribution in [0.3, 0.4) is 0 Å². The average Bonchev–Trinajstić information content (AvgIpc) is 3.15. The molecule has 0 saturated heterocycles. The highest BCUT2D eigenvalue weighted by atomic mass is 32.1. The van der Waals surface area contributed by atoms with Gasteiger partial charge in [0.05, 0.1) is 5.69 Å². The lowest BCUT2D eigenvalue weighted by molar-refractivity contribution is -0.112. The average molecular weight is 404 g/mol. The summed E-state index contributed by atoms with van der Waals surface area (Å²) < 4.78 is 0. The molecule has 1 heterocycles. The fourth-order valence-corrected chi connectivity index (χ4v) is 3.51. The molecule has 0 bridgehead atoms. The maximum absolute atomic E-state index is 12.6. The quantitative estimate of drug-likeness (QED) is 0.454. The number of carbonyl (C=O) groups is 1. The van der Waals surface area contributed by atoms with Gasteiger partial charge in [-0.2, -0.15) is 5.26 Å². The monoisotopic (exact) mass is 403 g/mol. The van der Waals surface area contributed by atoms with Crippen molar-refractivity contribution in [3.8, 4) is 23.1 Å². The number of rotatable bonds is 4. The summed E-state index contributed by atoms with van der Waals surface area (Å²) in [6.07, 6.45) is 1.51. The third-order valence-corrected chi connectivity index (χ3v) is 5.06. The smallest absolute Gasteiger partial charge is 0.268 e. The third-order valence-electron chi connectivity index (χ3n) is 4.30. The summed E-state index contributed by atoms with van der Waals surface area (Å²) in [6, 6.07) is 16.6. The summed E-state index contributed by atoms with van der Waals surface area (Å²) in [4.78, 5) is 17.0. The Morgan fingerprint density at radius 1 is 1.21 bits per heavy atom. The second-order valence-electron chi connectivity index (χ2n) is 7.55. The molecule has 0 aliphatic carbocycles. The Balaban J connectivity index is 1.81. The molecule has 1 aromatic heterocycles. The molecule has 0 spiro atoms. The van der Waals surface area contributed by atoms with Crippen molar-refractivity contribution in [1.82, 2.24) is 4.98 Å². The Morgan fingerprint density at radius 2 is 1.93 bits per heavy atom. The van der Waals surface area contributed by atoms with Gasteiger partial charge in [-0.15, -0.1) is 11.3 Å². The third kappa shape index (κ3) is 4.89. The molecule has 3 aromatic rings. The molecule has 0 atom stereocenters. The number of aromatic hydroxyl groups is 1. The largest absolute Gasteiger partial charge is 0.508 e. The predicted octanol–water partition coefficient (Wildman–Crippen LogP) is 5.36. The van der Waals surface area contributed by atoms with Crippen LogP contribution >= 0.6 is 11.3 Å². The minimum Gasteiger partial charge on any atom is -0.508 e. The molecule has 3 rings (SSSR count). The van der Waals surface area contributed by atoms with E-state index in [0.717, 1.165) is 16.8 Å². The van der Waals surface area contributed by atoms with E-state index in [-0.39, 0.29) is 16.7 Å². The van der Waals surface area contributed by atoms with Crippen molar-refractivity contribution in [1.29, 1.82) is 5.26 Å². The van der Waals surface area contributed by atoms with Crippen molar-refractivity contribution in [3.05, 3.63) is 70.6 Å². The second-order valence-corrected chi connectivity index (χ2v) is 8.41. The number of amides is 1. The molecule has 2 N–H and O–H groups in total. The number of benzene rings is 2. The zero-order chi connectivity index (χ0) is 21.0. The van der Waals surface area contributed by atoms with Crippen molar-refractivity contribution < 1.29 is 9.90 Å². The van der Waals surface area contributed by atoms with E-state index in [4.69, 9.17) is 0 Å². The number of phenolic OH excluding ortho intramolecular Hbond substituents is 1. The van der Waals surface area contributed by atoms with Crippen molar-refractivity contribution in [2.75, 3.05) is 5.32 Å². The molecule has 0 aliphatic rings. The van der Waals surface area contributed by atoms with Crippen molar-refractivity contribution in [3.63, 3.8) is 0 Å². The van der Waals surface area contributed by atoms with E-state index in [1.165, 1.54) is 17.4 Å². The first-order valence-corrected chi connectivity index (χ1v) is 9.93. The van der Waals surface area contributed by atoms with Crippen LogP contribution in [-0.2, 0) is 10.2 Å². The number of nitrogens with zero attached hydrogens (tertiary/aromatic N) is 2. The Morgan fingerprint density at radius 3 is 2.59 bits per heavy atom. The summed E-state index contributed by atoms with van der Waals surface area (Å²) in [7, 11) is 0. The van der Waals surface area contributed by atoms with E-state index in [0.29, 0.717) is 10.7 Å². The summed E-state index contributed by atoms with van der Waals surface area (Å²) in [5.74, 6) is -0.333. The summed E-state index contributed by atoms with van der Waals surface area (Å²) in [5.41, 5.74) is 2.84. The number of nitrogens with one attached hydrogen (secondary N) is 1. The van der Waals surface area contributed by atoms with Crippen LogP contribution in [-0.4, -0.2) is 16.0 Å². The van der Waals surface area contributed by atoms with E-state index < -0.39 is 5.91 Å². The number of hydrogen-bond acceptors (Lipinski definition) is 5. The van der Waals surface area contributed by atoms with Crippen molar-refractivity contribution in [2.45, 2.75) is 26.2 Å². The molecule has 29 heavy (non-hydrogen) atoms. The van der Waals surface area contributed by atoms with Gasteiger partial charge in [0.25, 0.3) is 5.91 Å². The highest BCUT2D eigenvalue weighted by Crippen LogP contribution is 2.32. The summed E-state index contributed by atoms with van der Waals surface area (Å²) in [6.45, 7) is 5.96. The van der Waals surface area contributed by atoms with Gasteiger partial charge in [-0.25, -0.2) is 4.98 Å². The zero-order valence-corrected chi connectivity index (χ0v) is 17.2. The maximum Gasteiger partial charge on any atom is 0.268 e. The van der Waals surface area contributed by atoms with Crippen LogP contribution < -0.4 is 5.32 Å². The molecule has 0 saturated carbocycles. The van der Waals surface area contributed by atoms with Crippen LogP contribution in [0.15, 0.2) is 59.5 Å².